The smallest absolute Gasteiger partial charge is 0.410 e. The average Bonchev–Trinajstić information content (AvgIpc) is 2.68. The molecule has 0 saturated carbocycles. The monoisotopic (exact) mass is 446 g/mol. The van der Waals surface area contributed by atoms with Gasteiger partial charge in [-0.25, -0.2) is 13.2 Å². The number of ether oxygens (including phenoxy) is 2. The molecule has 1 aliphatic heterocycles. The average molecular weight is 447 g/mol. The topological polar surface area (TPSA) is 84.9 Å². The van der Waals surface area contributed by atoms with Crippen molar-refractivity contribution in [3.8, 4) is 5.75 Å². The summed E-state index contributed by atoms with van der Waals surface area (Å²) in [5.74, 6) is 0.425. The molecule has 31 heavy (non-hydrogen) atoms. The number of sulfonamides is 1. The Balaban J connectivity index is 1.72. The first-order valence-electron chi connectivity index (χ1n) is 10.4. The largest absolute Gasteiger partial charge is 0.486 e. The van der Waals surface area contributed by atoms with Crippen LogP contribution in [0.15, 0.2) is 53.4 Å². The van der Waals surface area contributed by atoms with E-state index in [0.29, 0.717) is 24.5 Å². The maximum atomic E-state index is 12.8. The number of nitrogens with zero attached hydrogens (tertiary/aromatic N) is 1. The lowest BCUT2D eigenvalue weighted by atomic mass is 10.1. The second-order valence-electron chi connectivity index (χ2n) is 8.72. The summed E-state index contributed by atoms with van der Waals surface area (Å²) >= 11 is 0. The fourth-order valence-electron chi connectivity index (χ4n) is 3.28. The van der Waals surface area contributed by atoms with Crippen LogP contribution in [-0.2, 0) is 14.8 Å². The summed E-state index contributed by atoms with van der Waals surface area (Å²) in [4.78, 5) is 14.2. The van der Waals surface area contributed by atoms with Gasteiger partial charge in [0.25, 0.3) is 10.0 Å². The molecule has 1 unspecified atom stereocenters. The number of anilines is 1. The van der Waals surface area contributed by atoms with Gasteiger partial charge in [-0.15, -0.1) is 0 Å². The van der Waals surface area contributed by atoms with E-state index < -0.39 is 15.6 Å². The molecule has 1 saturated heterocycles. The Morgan fingerprint density at radius 1 is 1.10 bits per heavy atom. The molecule has 168 valence electrons. The molecule has 0 spiro atoms. The van der Waals surface area contributed by atoms with Crippen molar-refractivity contribution in [2.45, 2.75) is 57.1 Å². The number of carbonyl (C=O) groups excluding carboxylic acids is 1. The number of nitrogens with one attached hydrogen (secondary N) is 1. The van der Waals surface area contributed by atoms with E-state index in [-0.39, 0.29) is 17.1 Å². The normalized spacial score (nSPS) is 17.2. The molecule has 1 amide bonds. The Labute approximate surface area is 184 Å². The van der Waals surface area contributed by atoms with Crippen LogP contribution in [-0.4, -0.2) is 44.2 Å². The highest BCUT2D eigenvalue weighted by molar-refractivity contribution is 7.92. The van der Waals surface area contributed by atoms with Crippen LogP contribution in [0.5, 0.6) is 5.75 Å². The first kappa shape index (κ1) is 22.9. The first-order chi connectivity index (χ1) is 14.5. The van der Waals surface area contributed by atoms with E-state index in [1.54, 1.807) is 53.4 Å². The van der Waals surface area contributed by atoms with Crippen LogP contribution >= 0.6 is 0 Å². The minimum Gasteiger partial charge on any atom is -0.486 e. The molecule has 2 aromatic carbocycles. The molecule has 3 rings (SSSR count). The van der Waals surface area contributed by atoms with Crippen molar-refractivity contribution in [3.63, 3.8) is 0 Å². The van der Waals surface area contributed by atoms with E-state index in [1.807, 2.05) is 27.7 Å². The van der Waals surface area contributed by atoms with Gasteiger partial charge in [0.2, 0.25) is 0 Å². The van der Waals surface area contributed by atoms with Crippen LogP contribution < -0.4 is 9.46 Å². The molecule has 1 N–H and O–H groups in total. The Kier molecular flexibility index (Phi) is 6.79. The summed E-state index contributed by atoms with van der Waals surface area (Å²) < 4.78 is 39.8. The number of para-hydroxylation sites is 2. The third-order valence-corrected chi connectivity index (χ3v) is 6.17. The summed E-state index contributed by atoms with van der Waals surface area (Å²) in [7, 11) is -3.75. The van der Waals surface area contributed by atoms with Crippen molar-refractivity contribution in [1.82, 2.24) is 4.90 Å². The van der Waals surface area contributed by atoms with Crippen molar-refractivity contribution in [2.24, 2.45) is 0 Å². The van der Waals surface area contributed by atoms with E-state index in [0.717, 1.165) is 18.4 Å². The van der Waals surface area contributed by atoms with E-state index in [4.69, 9.17) is 9.47 Å². The quantitative estimate of drug-likeness (QED) is 0.727. The van der Waals surface area contributed by atoms with Crippen LogP contribution in [0, 0.1) is 6.92 Å². The number of benzene rings is 2. The molecule has 1 atom stereocenters. The number of piperidine rings is 1. The predicted octanol–water partition coefficient (Wildman–Crippen LogP) is 4.57. The van der Waals surface area contributed by atoms with Gasteiger partial charge < -0.3 is 14.4 Å². The fraction of sp³-hybridized carbons (Fsp3) is 0.435. The fourth-order valence-corrected chi connectivity index (χ4v) is 4.35. The molecule has 7 nitrogen and oxygen atoms in total. The van der Waals surface area contributed by atoms with Gasteiger partial charge >= 0.3 is 6.09 Å². The lowest BCUT2D eigenvalue weighted by Gasteiger charge is -2.34. The number of hydrogen-bond donors (Lipinski definition) is 1. The van der Waals surface area contributed by atoms with E-state index in [9.17, 15) is 13.2 Å². The summed E-state index contributed by atoms with van der Waals surface area (Å²) in [5.41, 5.74) is 0.776. The summed E-state index contributed by atoms with van der Waals surface area (Å²) in [6.45, 7) is 8.39. The molecule has 1 fully saturated rings. The maximum Gasteiger partial charge on any atom is 0.410 e. The van der Waals surface area contributed by atoms with Crippen LogP contribution in [0.3, 0.4) is 0 Å². The summed E-state index contributed by atoms with van der Waals surface area (Å²) in [6, 6.07) is 13.6. The van der Waals surface area contributed by atoms with Gasteiger partial charge in [-0.05, 0) is 64.8 Å². The van der Waals surface area contributed by atoms with Crippen LogP contribution in [0.2, 0.25) is 0 Å². The number of carbonyl (C=O) groups is 1. The van der Waals surface area contributed by atoms with Gasteiger partial charge in [0.1, 0.15) is 17.5 Å². The van der Waals surface area contributed by atoms with Gasteiger partial charge in [0.05, 0.1) is 17.1 Å². The van der Waals surface area contributed by atoms with Crippen molar-refractivity contribution < 1.29 is 22.7 Å². The second-order valence-corrected chi connectivity index (χ2v) is 10.4. The third-order valence-electron chi connectivity index (χ3n) is 4.79. The zero-order valence-corrected chi connectivity index (χ0v) is 19.2. The van der Waals surface area contributed by atoms with Crippen LogP contribution in [0.4, 0.5) is 10.5 Å². The Morgan fingerprint density at radius 2 is 1.77 bits per heavy atom. The summed E-state index contributed by atoms with van der Waals surface area (Å²) in [5, 5.41) is 0. The Bertz CT molecular complexity index is 1010. The predicted molar refractivity (Wildman–Crippen MR) is 120 cm³/mol. The maximum absolute atomic E-state index is 12.8. The van der Waals surface area contributed by atoms with Crippen molar-refractivity contribution >= 4 is 21.8 Å². The van der Waals surface area contributed by atoms with Gasteiger partial charge in [-0.1, -0.05) is 29.8 Å². The van der Waals surface area contributed by atoms with Crippen molar-refractivity contribution in [2.75, 3.05) is 17.8 Å². The standard InChI is InChI=1S/C23H30N2O5S/c1-17-11-13-19(14-12-17)31(27,28)24-20-9-5-6-10-21(20)29-18-8-7-15-25(16-18)22(26)30-23(2,3)4/h5-6,9-14,18,24H,7-8,15-16H2,1-4H3. The SMILES string of the molecule is Cc1ccc(S(=O)(=O)Nc2ccccc2OC2CCCN(C(=O)OC(C)(C)C)C2)cc1. The summed E-state index contributed by atoms with van der Waals surface area (Å²) in [6.07, 6.45) is 0.917. The van der Waals surface area contributed by atoms with Crippen molar-refractivity contribution in [3.05, 3.63) is 54.1 Å². The molecule has 8 heteroatoms. The van der Waals surface area contributed by atoms with Crippen molar-refractivity contribution in [1.29, 1.82) is 0 Å². The number of aryl methyl sites for hydroxylation is 1. The second kappa shape index (κ2) is 9.18. The van der Waals surface area contributed by atoms with Gasteiger partial charge in [-0.3, -0.25) is 4.72 Å². The lowest BCUT2D eigenvalue weighted by Crippen LogP contribution is -2.46. The number of amides is 1. The molecule has 0 aliphatic carbocycles. The number of likely N-dealkylation sites (tertiary alicyclic amines) is 1. The van der Waals surface area contributed by atoms with Crippen LogP contribution in [0.1, 0.15) is 39.2 Å². The van der Waals surface area contributed by atoms with Gasteiger partial charge in [0.15, 0.2) is 0 Å². The zero-order valence-electron chi connectivity index (χ0n) is 18.4. The lowest BCUT2D eigenvalue weighted by molar-refractivity contribution is 0.00786. The number of rotatable bonds is 5. The first-order valence-corrected chi connectivity index (χ1v) is 11.8. The van der Waals surface area contributed by atoms with E-state index in [1.165, 1.54) is 0 Å². The molecule has 0 aromatic heterocycles. The Hall–Kier alpha value is -2.74. The zero-order chi connectivity index (χ0) is 22.6. The molecule has 2 aromatic rings. The minimum atomic E-state index is -3.75. The van der Waals surface area contributed by atoms with E-state index >= 15 is 0 Å². The van der Waals surface area contributed by atoms with Gasteiger partial charge in [0, 0.05) is 6.54 Å². The third kappa shape index (κ3) is 6.37. The molecule has 0 bridgehead atoms. The molecule has 1 heterocycles. The highest BCUT2D eigenvalue weighted by Crippen LogP contribution is 2.29. The molecular weight excluding hydrogens is 416 g/mol. The number of hydrogen-bond acceptors (Lipinski definition) is 5. The highest BCUT2D eigenvalue weighted by atomic mass is 32.2. The molecule has 1 aliphatic rings. The molecular formula is C23H30N2O5S. The van der Waals surface area contributed by atoms with Gasteiger partial charge in [-0.2, -0.15) is 0 Å². The van der Waals surface area contributed by atoms with Crippen LogP contribution in [0.25, 0.3) is 0 Å². The van der Waals surface area contributed by atoms with E-state index in [2.05, 4.69) is 4.72 Å². The molecule has 0 radical (unpaired) electrons. The minimum absolute atomic E-state index is 0.182. The Morgan fingerprint density at radius 3 is 2.45 bits per heavy atom. The highest BCUT2D eigenvalue weighted by Gasteiger charge is 2.29.